The highest BCUT2D eigenvalue weighted by Gasteiger charge is 2.30. The van der Waals surface area contributed by atoms with Crippen molar-refractivity contribution in [3.8, 4) is 12.1 Å². The molecule has 288 valence electrons. The van der Waals surface area contributed by atoms with Gasteiger partial charge < -0.3 is 9.47 Å². The third-order valence-electron chi connectivity index (χ3n) is 8.96. The van der Waals surface area contributed by atoms with Crippen molar-refractivity contribution in [3.05, 3.63) is 0 Å². The lowest BCUT2D eigenvalue weighted by molar-refractivity contribution is -0.145. The highest BCUT2D eigenvalue weighted by atomic mass is 35.6. The lowest BCUT2D eigenvalue weighted by Crippen LogP contribution is -2.25. The highest BCUT2D eigenvalue weighted by Crippen LogP contribution is 2.25. The summed E-state index contributed by atoms with van der Waals surface area (Å²) in [6, 6.07) is 6.61. The van der Waals surface area contributed by atoms with Crippen LogP contribution in [0.5, 0.6) is 0 Å². The monoisotopic (exact) mass is 772 g/mol. The maximum atomic E-state index is 12.3. The van der Waals surface area contributed by atoms with Crippen LogP contribution < -0.4 is 0 Å². The molecule has 2 unspecified atom stereocenters. The minimum absolute atomic E-state index is 0.0386. The second kappa shape index (κ2) is 28.1. The van der Waals surface area contributed by atoms with Crippen molar-refractivity contribution < 1.29 is 19.1 Å². The van der Waals surface area contributed by atoms with E-state index in [1.807, 2.05) is 0 Å². The Balaban J connectivity index is 4.10. The molecule has 0 bridgehead atoms. The number of halogens is 2. The van der Waals surface area contributed by atoms with Gasteiger partial charge in [-0.2, -0.15) is 42.9 Å². The Morgan fingerprint density at radius 1 is 0.540 bits per heavy atom. The van der Waals surface area contributed by atoms with Crippen molar-refractivity contribution in [1.82, 2.24) is 0 Å². The molecule has 0 aliphatic rings. The maximum Gasteiger partial charge on any atom is 0.305 e. The van der Waals surface area contributed by atoms with Crippen LogP contribution >= 0.6 is 22.2 Å². The van der Waals surface area contributed by atoms with Gasteiger partial charge in [0, 0.05) is 12.8 Å². The van der Waals surface area contributed by atoms with Gasteiger partial charge in [-0.05, 0) is 51.6 Å². The van der Waals surface area contributed by atoms with Crippen LogP contribution in [0, 0.1) is 22.7 Å². The number of hydrogen-bond donors (Lipinski definition) is 0. The third-order valence-corrected chi connectivity index (χ3v) is 13.2. The van der Waals surface area contributed by atoms with E-state index in [0.717, 1.165) is 38.5 Å². The number of esters is 2. The zero-order valence-corrected chi connectivity index (χ0v) is 36.1. The van der Waals surface area contributed by atoms with Gasteiger partial charge in [-0.1, -0.05) is 129 Å². The summed E-state index contributed by atoms with van der Waals surface area (Å²) in [4.78, 5) is 24.6. The molecule has 12 heteroatoms. The van der Waals surface area contributed by atoms with Crippen LogP contribution in [-0.2, 0) is 19.1 Å². The molecular weight excluding hydrogens is 704 g/mol. The molecule has 0 spiro atoms. The van der Waals surface area contributed by atoms with E-state index in [-0.39, 0.29) is 37.6 Å². The topological polar surface area (TPSA) is 125 Å². The van der Waals surface area contributed by atoms with Gasteiger partial charge in [-0.25, -0.2) is 0 Å². The van der Waals surface area contributed by atoms with Crippen LogP contribution in [0.3, 0.4) is 0 Å². The number of rotatable bonds is 32. The third kappa shape index (κ3) is 31.3. The second-order valence-corrected chi connectivity index (χ2v) is 29.7. The molecule has 0 N–H and O–H groups in total. The van der Waals surface area contributed by atoms with Crippen LogP contribution in [0.1, 0.15) is 155 Å². The minimum Gasteiger partial charge on any atom is -0.466 e. The molecule has 0 amide bonds. The number of unbranched alkanes of at least 4 members (excludes halogenated alkanes) is 16. The van der Waals surface area contributed by atoms with Crippen molar-refractivity contribution in [3.63, 3.8) is 0 Å². The fourth-order valence-corrected chi connectivity index (χ4v) is 8.44. The lowest BCUT2D eigenvalue weighted by Gasteiger charge is -2.19. The molecule has 0 saturated heterocycles. The van der Waals surface area contributed by atoms with E-state index in [9.17, 15) is 20.1 Å². The number of nitrogens with zero attached hydrogens (tertiary/aromatic N) is 4. The quantitative estimate of drug-likeness (QED) is 0.0220. The first-order valence-electron chi connectivity index (χ1n) is 19.5. The summed E-state index contributed by atoms with van der Waals surface area (Å²) >= 11 is 12.7. The smallest absolute Gasteiger partial charge is 0.305 e. The minimum atomic E-state index is -1.42. The standard InChI is InChI=1S/C38H70Cl2N4O4Si2/c1-37(33-41,27-25-35(45)47-29-21-17-13-9-7-11-15-19-23-31-49(3,4)39)43-44-38(2,34-42)28-26-36(46)48-30-22-18-14-10-8-12-16-20-24-32-50(5,6)40/h7-32H2,1-6H3. The maximum absolute atomic E-state index is 12.3. The van der Waals surface area contributed by atoms with Gasteiger partial charge in [-0.3, -0.25) is 9.59 Å². The first kappa shape index (κ1) is 48.5. The Hall–Kier alpha value is -1.47. The largest absolute Gasteiger partial charge is 0.466 e. The number of ether oxygens (including phenoxy) is 2. The molecular formula is C38H70Cl2N4O4Si2. The van der Waals surface area contributed by atoms with Gasteiger partial charge >= 0.3 is 11.9 Å². The van der Waals surface area contributed by atoms with Gasteiger partial charge in [0.2, 0.25) is 0 Å². The van der Waals surface area contributed by atoms with Crippen molar-refractivity contribution in [1.29, 1.82) is 10.5 Å². The second-order valence-electron chi connectivity index (χ2n) is 15.7. The van der Waals surface area contributed by atoms with Crippen molar-refractivity contribution in [2.45, 2.75) is 204 Å². The fraction of sp³-hybridized carbons (Fsp3) is 0.895. The summed E-state index contributed by atoms with van der Waals surface area (Å²) in [6.45, 7) is 12.7. The molecule has 50 heavy (non-hydrogen) atoms. The van der Waals surface area contributed by atoms with Crippen LogP contribution in [0.2, 0.25) is 38.3 Å². The summed E-state index contributed by atoms with van der Waals surface area (Å²) < 4.78 is 10.7. The molecule has 0 aliphatic heterocycles. The molecule has 0 radical (unpaired) electrons. The fourth-order valence-electron chi connectivity index (χ4n) is 5.45. The normalized spacial score (nSPS) is 14.4. The number of nitriles is 2. The first-order valence-corrected chi connectivity index (χ1v) is 27.9. The molecule has 2 atom stereocenters. The Kier molecular flexibility index (Phi) is 27.3. The number of azo groups is 1. The summed E-state index contributed by atoms with van der Waals surface area (Å²) in [5, 5.41) is 27.8. The van der Waals surface area contributed by atoms with Gasteiger partial charge in [0.15, 0.2) is 11.1 Å². The molecule has 0 aromatic heterocycles. The Morgan fingerprint density at radius 2 is 0.800 bits per heavy atom. The molecule has 0 aromatic carbocycles. The van der Waals surface area contributed by atoms with Gasteiger partial charge in [0.05, 0.1) is 25.4 Å². The van der Waals surface area contributed by atoms with E-state index in [2.05, 4.69) is 48.6 Å². The zero-order valence-electron chi connectivity index (χ0n) is 32.6. The van der Waals surface area contributed by atoms with E-state index in [1.165, 1.54) is 89.1 Å². The van der Waals surface area contributed by atoms with Crippen molar-refractivity contribution in [2.75, 3.05) is 13.2 Å². The molecule has 8 nitrogen and oxygen atoms in total. The molecule has 0 heterocycles. The van der Waals surface area contributed by atoms with E-state index in [4.69, 9.17) is 31.6 Å². The predicted molar refractivity (Wildman–Crippen MR) is 213 cm³/mol. The SMILES string of the molecule is CC(C#N)(CCC(=O)OCCCCCCCCCCC[Si](C)(C)Cl)N=NC(C)(C#N)CCC(=O)OCCCCCCCCCCC[Si](C)(C)Cl. The average molecular weight is 774 g/mol. The Labute approximate surface area is 317 Å². The Bertz CT molecular complexity index is 960. The molecule has 0 saturated carbocycles. The van der Waals surface area contributed by atoms with Crippen LogP contribution in [0.15, 0.2) is 10.2 Å². The van der Waals surface area contributed by atoms with Crippen LogP contribution in [-0.4, -0.2) is 51.0 Å². The average Bonchev–Trinajstić information content (AvgIpc) is 3.05. The first-order chi connectivity index (χ1) is 23.5. The van der Waals surface area contributed by atoms with Crippen molar-refractivity contribution >= 4 is 48.9 Å². The molecule has 0 rings (SSSR count). The molecule has 0 aromatic rings. The summed E-state index contributed by atoms with van der Waals surface area (Å²) in [7, 11) is -2.84. The van der Waals surface area contributed by atoms with Gasteiger partial charge in [0.25, 0.3) is 0 Å². The van der Waals surface area contributed by atoms with Crippen LogP contribution in [0.4, 0.5) is 0 Å². The van der Waals surface area contributed by atoms with E-state index >= 15 is 0 Å². The molecule has 0 aliphatic carbocycles. The van der Waals surface area contributed by atoms with E-state index in [0.29, 0.717) is 13.2 Å². The zero-order chi connectivity index (χ0) is 37.8. The highest BCUT2D eigenvalue weighted by molar-refractivity contribution is 7.19. The van der Waals surface area contributed by atoms with Crippen molar-refractivity contribution in [2.24, 2.45) is 10.2 Å². The molecule has 0 fully saturated rings. The summed E-state index contributed by atoms with van der Waals surface area (Å²) in [5.74, 6) is -0.732. The van der Waals surface area contributed by atoms with Crippen LogP contribution in [0.25, 0.3) is 0 Å². The number of carbonyl (C=O) groups is 2. The van der Waals surface area contributed by atoms with Gasteiger partial charge in [0.1, 0.15) is 14.8 Å². The number of carbonyl (C=O) groups excluding carboxylic acids is 2. The van der Waals surface area contributed by atoms with E-state index < -0.39 is 25.8 Å². The number of hydrogen-bond acceptors (Lipinski definition) is 8. The lowest BCUT2D eigenvalue weighted by atomic mass is 9.97. The predicted octanol–water partition coefficient (Wildman–Crippen LogP) is 12.6. The summed E-state index contributed by atoms with van der Waals surface area (Å²) in [5.41, 5.74) is -2.55. The summed E-state index contributed by atoms with van der Waals surface area (Å²) in [6.07, 6.45) is 21.4. The Morgan fingerprint density at radius 3 is 1.06 bits per heavy atom. The van der Waals surface area contributed by atoms with E-state index in [1.54, 1.807) is 13.8 Å². The van der Waals surface area contributed by atoms with Gasteiger partial charge in [-0.15, -0.1) is 0 Å².